The van der Waals surface area contributed by atoms with Crippen LogP contribution in [0.3, 0.4) is 0 Å². The Kier molecular flexibility index (Phi) is 5.68. The number of ether oxygens (including phenoxy) is 1. The number of anilines is 1. The molecule has 8 heteroatoms. The molecule has 0 radical (unpaired) electrons. The minimum absolute atomic E-state index is 0.0353. The molecular formula is C23H18ClFN4O2. The summed E-state index contributed by atoms with van der Waals surface area (Å²) in [5.74, 6) is 0.179. The third-order valence-electron chi connectivity index (χ3n) is 4.66. The number of methoxy groups -OCH3 is 1. The largest absolute Gasteiger partial charge is 0.497 e. The van der Waals surface area contributed by atoms with E-state index in [0.717, 1.165) is 5.56 Å². The fourth-order valence-corrected chi connectivity index (χ4v) is 3.12. The molecule has 1 N–H and O–H groups in total. The van der Waals surface area contributed by atoms with Crippen LogP contribution in [0.4, 0.5) is 10.1 Å². The molecular weight excluding hydrogens is 419 g/mol. The molecule has 1 amide bonds. The maximum Gasteiger partial charge on any atom is 0.295 e. The standard InChI is InChI=1S/C23H18ClFN4O2/c1-14-3-10-18(13-20(14)24)29-22(15-4-6-16(25)7-5-15)27-21(28-29)23(30)26-17-8-11-19(31-2)12-9-17/h3-13H,1-2H3,(H,26,30). The van der Waals surface area contributed by atoms with Crippen molar-refractivity contribution in [2.75, 3.05) is 12.4 Å². The highest BCUT2D eigenvalue weighted by Gasteiger charge is 2.19. The van der Waals surface area contributed by atoms with Crippen LogP contribution in [0.1, 0.15) is 16.2 Å². The number of halogens is 2. The molecule has 0 aliphatic rings. The predicted molar refractivity (Wildman–Crippen MR) is 117 cm³/mol. The van der Waals surface area contributed by atoms with E-state index in [1.54, 1.807) is 49.6 Å². The van der Waals surface area contributed by atoms with Gasteiger partial charge in [0.05, 0.1) is 12.8 Å². The first kappa shape index (κ1) is 20.6. The van der Waals surface area contributed by atoms with E-state index in [0.29, 0.717) is 33.5 Å². The van der Waals surface area contributed by atoms with E-state index in [-0.39, 0.29) is 11.6 Å². The van der Waals surface area contributed by atoms with Crippen molar-refractivity contribution in [1.82, 2.24) is 14.8 Å². The lowest BCUT2D eigenvalue weighted by atomic mass is 10.2. The van der Waals surface area contributed by atoms with E-state index in [4.69, 9.17) is 16.3 Å². The van der Waals surface area contributed by atoms with Gasteiger partial charge in [-0.25, -0.2) is 14.1 Å². The third-order valence-corrected chi connectivity index (χ3v) is 5.07. The second kappa shape index (κ2) is 8.57. The van der Waals surface area contributed by atoms with E-state index < -0.39 is 5.91 Å². The molecule has 6 nitrogen and oxygen atoms in total. The van der Waals surface area contributed by atoms with E-state index >= 15 is 0 Å². The molecule has 4 rings (SSSR count). The summed E-state index contributed by atoms with van der Waals surface area (Å²) in [5, 5.41) is 7.72. The molecule has 0 bridgehead atoms. The number of hydrogen-bond donors (Lipinski definition) is 1. The van der Waals surface area contributed by atoms with Crippen LogP contribution < -0.4 is 10.1 Å². The Morgan fingerprint density at radius 1 is 1.06 bits per heavy atom. The summed E-state index contributed by atoms with van der Waals surface area (Å²) < 4.78 is 20.1. The molecule has 4 aromatic rings. The van der Waals surface area contributed by atoms with Crippen molar-refractivity contribution in [1.29, 1.82) is 0 Å². The fraction of sp³-hybridized carbons (Fsp3) is 0.0870. The minimum atomic E-state index is -0.481. The molecule has 1 heterocycles. The predicted octanol–water partition coefficient (Wildman–Crippen LogP) is 5.30. The number of nitrogens with one attached hydrogen (secondary N) is 1. The number of aromatic nitrogens is 3. The first-order chi connectivity index (χ1) is 14.9. The number of carbonyl (C=O) groups is 1. The van der Waals surface area contributed by atoms with Crippen molar-refractivity contribution in [3.63, 3.8) is 0 Å². The Bertz CT molecular complexity index is 1240. The summed E-state index contributed by atoms with van der Waals surface area (Å²) in [5.41, 5.74) is 2.72. The quantitative estimate of drug-likeness (QED) is 0.461. The number of benzene rings is 3. The highest BCUT2D eigenvalue weighted by atomic mass is 35.5. The van der Waals surface area contributed by atoms with Crippen molar-refractivity contribution < 1.29 is 13.9 Å². The van der Waals surface area contributed by atoms with Crippen LogP contribution in [0.5, 0.6) is 5.75 Å². The first-order valence-corrected chi connectivity index (χ1v) is 9.77. The van der Waals surface area contributed by atoms with Crippen LogP contribution in [-0.4, -0.2) is 27.8 Å². The molecule has 0 saturated heterocycles. The SMILES string of the molecule is COc1ccc(NC(=O)c2nc(-c3ccc(F)cc3)n(-c3ccc(C)c(Cl)c3)n2)cc1. The van der Waals surface area contributed by atoms with E-state index in [1.807, 2.05) is 19.1 Å². The van der Waals surface area contributed by atoms with Gasteiger partial charge in [-0.3, -0.25) is 4.79 Å². The number of amides is 1. The zero-order valence-corrected chi connectivity index (χ0v) is 17.5. The van der Waals surface area contributed by atoms with Crippen LogP contribution in [0.25, 0.3) is 17.1 Å². The third kappa shape index (κ3) is 4.41. The van der Waals surface area contributed by atoms with Crippen molar-refractivity contribution in [2.24, 2.45) is 0 Å². The Morgan fingerprint density at radius 2 is 1.77 bits per heavy atom. The van der Waals surface area contributed by atoms with Crippen LogP contribution in [0.15, 0.2) is 66.7 Å². The number of carbonyl (C=O) groups excluding carboxylic acids is 1. The summed E-state index contributed by atoms with van der Waals surface area (Å²) in [6, 6.07) is 18.1. The van der Waals surface area contributed by atoms with Crippen LogP contribution in [-0.2, 0) is 0 Å². The van der Waals surface area contributed by atoms with Crippen molar-refractivity contribution in [3.8, 4) is 22.8 Å². The fourth-order valence-electron chi connectivity index (χ4n) is 2.95. The lowest BCUT2D eigenvalue weighted by Crippen LogP contribution is -2.14. The molecule has 0 saturated carbocycles. The van der Waals surface area contributed by atoms with Crippen molar-refractivity contribution in [3.05, 3.63) is 89.0 Å². The summed E-state index contributed by atoms with van der Waals surface area (Å²) in [6.07, 6.45) is 0. The second-order valence-corrected chi connectivity index (χ2v) is 7.20. The highest BCUT2D eigenvalue weighted by Crippen LogP contribution is 2.25. The Balaban J connectivity index is 1.73. The lowest BCUT2D eigenvalue weighted by molar-refractivity contribution is 0.101. The van der Waals surface area contributed by atoms with Gasteiger partial charge in [-0.15, -0.1) is 5.10 Å². The average Bonchev–Trinajstić information content (AvgIpc) is 3.22. The smallest absolute Gasteiger partial charge is 0.295 e. The zero-order chi connectivity index (χ0) is 22.0. The zero-order valence-electron chi connectivity index (χ0n) is 16.8. The molecule has 31 heavy (non-hydrogen) atoms. The molecule has 0 aliphatic carbocycles. The molecule has 1 aromatic heterocycles. The molecule has 156 valence electrons. The summed E-state index contributed by atoms with van der Waals surface area (Å²) in [7, 11) is 1.57. The molecule has 3 aromatic carbocycles. The van der Waals surface area contributed by atoms with Crippen molar-refractivity contribution >= 4 is 23.2 Å². The van der Waals surface area contributed by atoms with Crippen molar-refractivity contribution in [2.45, 2.75) is 6.92 Å². The van der Waals surface area contributed by atoms with Crippen LogP contribution >= 0.6 is 11.6 Å². The summed E-state index contributed by atoms with van der Waals surface area (Å²) in [6.45, 7) is 1.89. The molecule has 0 atom stereocenters. The van der Waals surface area contributed by atoms with Gasteiger partial charge in [-0.2, -0.15) is 0 Å². The Morgan fingerprint density at radius 3 is 2.42 bits per heavy atom. The number of nitrogens with zero attached hydrogens (tertiary/aromatic N) is 3. The van der Waals surface area contributed by atoms with Gasteiger partial charge in [0.2, 0.25) is 5.82 Å². The van der Waals surface area contributed by atoms with E-state index in [1.165, 1.54) is 16.8 Å². The summed E-state index contributed by atoms with van der Waals surface area (Å²) >= 11 is 6.28. The highest BCUT2D eigenvalue weighted by molar-refractivity contribution is 6.31. The van der Waals surface area contributed by atoms with Gasteiger partial charge in [0.1, 0.15) is 11.6 Å². The van der Waals surface area contributed by atoms with Gasteiger partial charge in [-0.1, -0.05) is 17.7 Å². The van der Waals surface area contributed by atoms with Gasteiger partial charge >= 0.3 is 0 Å². The Labute approximate surface area is 183 Å². The number of rotatable bonds is 5. The van der Waals surface area contributed by atoms with E-state index in [9.17, 15) is 9.18 Å². The maximum absolute atomic E-state index is 13.4. The van der Waals surface area contributed by atoms with Gasteiger partial charge in [0.25, 0.3) is 5.91 Å². The molecule has 0 fully saturated rings. The molecule has 0 unspecified atom stereocenters. The van der Waals surface area contributed by atoms with Gasteiger partial charge < -0.3 is 10.1 Å². The summed E-state index contributed by atoms with van der Waals surface area (Å²) in [4.78, 5) is 17.2. The van der Waals surface area contributed by atoms with E-state index in [2.05, 4.69) is 15.4 Å². The average molecular weight is 437 g/mol. The van der Waals surface area contributed by atoms with Gasteiger partial charge in [0, 0.05) is 16.3 Å². The topological polar surface area (TPSA) is 69.0 Å². The monoisotopic (exact) mass is 436 g/mol. The number of aryl methyl sites for hydroxylation is 1. The van der Waals surface area contributed by atoms with Crippen LogP contribution in [0, 0.1) is 12.7 Å². The Hall–Kier alpha value is -3.71. The van der Waals surface area contributed by atoms with Gasteiger partial charge in [-0.05, 0) is 73.2 Å². The lowest BCUT2D eigenvalue weighted by Gasteiger charge is -2.07. The normalized spacial score (nSPS) is 10.7. The van der Waals surface area contributed by atoms with Crippen LogP contribution in [0.2, 0.25) is 5.02 Å². The number of hydrogen-bond acceptors (Lipinski definition) is 4. The molecule has 0 aliphatic heterocycles. The first-order valence-electron chi connectivity index (χ1n) is 9.39. The van der Waals surface area contributed by atoms with Gasteiger partial charge in [0.15, 0.2) is 5.82 Å². The minimum Gasteiger partial charge on any atom is -0.497 e. The maximum atomic E-state index is 13.4. The molecule has 0 spiro atoms. The second-order valence-electron chi connectivity index (χ2n) is 6.79.